The van der Waals surface area contributed by atoms with E-state index in [-0.39, 0.29) is 6.29 Å². The fourth-order valence-electron chi connectivity index (χ4n) is 3.79. The number of nitrogens with zero attached hydrogens (tertiary/aromatic N) is 3. The maximum absolute atomic E-state index is 4.96. The van der Waals surface area contributed by atoms with Crippen LogP contribution in [0.25, 0.3) is 27.9 Å². The number of H-pyrrole nitrogens is 1. The third kappa shape index (κ3) is 3.89. The summed E-state index contributed by atoms with van der Waals surface area (Å²) in [6.07, 6.45) is 7.48. The number of nitrogens with one attached hydrogen (secondary N) is 3. The van der Waals surface area contributed by atoms with Crippen LogP contribution in [0.4, 0.5) is 5.69 Å². The smallest absolute Gasteiger partial charge is 0.193 e. The van der Waals surface area contributed by atoms with Crippen molar-refractivity contribution in [3.05, 3.63) is 71.7 Å². The minimum atomic E-state index is -0.328. The van der Waals surface area contributed by atoms with Gasteiger partial charge in [0.25, 0.3) is 0 Å². The lowest BCUT2D eigenvalue weighted by Crippen LogP contribution is -2.30. The average molecular weight is 399 g/mol. The van der Waals surface area contributed by atoms with Crippen molar-refractivity contribution in [2.45, 2.75) is 33.0 Å². The number of aromatic nitrogens is 3. The van der Waals surface area contributed by atoms with E-state index in [1.165, 1.54) is 16.5 Å². The van der Waals surface area contributed by atoms with Crippen molar-refractivity contribution < 1.29 is 0 Å². The van der Waals surface area contributed by atoms with E-state index >= 15 is 0 Å². The van der Waals surface area contributed by atoms with Gasteiger partial charge in [-0.05, 0) is 61.5 Å². The quantitative estimate of drug-likeness (QED) is 0.287. The highest BCUT2D eigenvalue weighted by atomic mass is 15.2. The maximum atomic E-state index is 4.96. The van der Waals surface area contributed by atoms with Crippen LogP contribution in [0.15, 0.2) is 59.9 Å². The number of para-hydroxylation sites is 1. The van der Waals surface area contributed by atoms with Crippen LogP contribution in [0.1, 0.15) is 30.2 Å². The van der Waals surface area contributed by atoms with Crippen molar-refractivity contribution in [3.63, 3.8) is 0 Å². The zero-order valence-corrected chi connectivity index (χ0v) is 17.3. The first-order valence-electron chi connectivity index (χ1n) is 10.2. The number of fused-ring (bicyclic) bond motifs is 3. The summed E-state index contributed by atoms with van der Waals surface area (Å²) in [5.74, 6) is 0. The van der Waals surface area contributed by atoms with E-state index in [0.29, 0.717) is 0 Å². The molecule has 4 aromatic rings. The van der Waals surface area contributed by atoms with Gasteiger partial charge in [0, 0.05) is 22.7 Å². The third-order valence-corrected chi connectivity index (χ3v) is 5.23. The van der Waals surface area contributed by atoms with E-state index in [2.05, 4.69) is 52.5 Å². The highest BCUT2D eigenvalue weighted by Crippen LogP contribution is 2.30. The van der Waals surface area contributed by atoms with Crippen LogP contribution < -0.4 is 10.6 Å². The summed E-state index contributed by atoms with van der Waals surface area (Å²) in [6, 6.07) is 14.0. The normalized spacial score (nSPS) is 12.5. The standard InChI is InChI=1S/C24H26N6/c1-4-8-18-16(2)23-19-15-27-30-21(19)11-12-22(23)29-20(18)13-14-26-24(25-3)28-17-9-6-5-7-10-17/h5-7,9-15,24,26,28H,3-4,8H2,1-2H3,(H,27,30)/b14-13+. The molecule has 4 rings (SSSR count). The average Bonchev–Trinajstić information content (AvgIpc) is 3.25. The maximum Gasteiger partial charge on any atom is 0.193 e. The molecule has 0 amide bonds. The summed E-state index contributed by atoms with van der Waals surface area (Å²) in [6.45, 7) is 8.04. The van der Waals surface area contributed by atoms with Crippen LogP contribution in [-0.4, -0.2) is 28.2 Å². The van der Waals surface area contributed by atoms with E-state index in [1.807, 2.05) is 54.9 Å². The lowest BCUT2D eigenvalue weighted by Gasteiger charge is -2.16. The number of aliphatic imine (C=N–C) groups is 1. The molecule has 6 heteroatoms. The highest BCUT2D eigenvalue weighted by molar-refractivity contribution is 6.07. The van der Waals surface area contributed by atoms with E-state index in [4.69, 9.17) is 4.98 Å². The van der Waals surface area contributed by atoms with Gasteiger partial charge in [0.05, 0.1) is 22.9 Å². The van der Waals surface area contributed by atoms with Gasteiger partial charge in [-0.1, -0.05) is 31.5 Å². The Balaban J connectivity index is 1.64. The number of benzene rings is 2. The van der Waals surface area contributed by atoms with E-state index in [0.717, 1.165) is 40.6 Å². The molecule has 152 valence electrons. The Morgan fingerprint density at radius 2 is 2.03 bits per heavy atom. The summed E-state index contributed by atoms with van der Waals surface area (Å²) in [4.78, 5) is 9.07. The van der Waals surface area contributed by atoms with Gasteiger partial charge in [0.2, 0.25) is 0 Å². The highest BCUT2D eigenvalue weighted by Gasteiger charge is 2.13. The Morgan fingerprint density at radius 3 is 2.80 bits per heavy atom. The molecule has 3 N–H and O–H groups in total. The monoisotopic (exact) mass is 398 g/mol. The Bertz CT molecular complexity index is 1190. The van der Waals surface area contributed by atoms with Gasteiger partial charge in [-0.3, -0.25) is 10.1 Å². The molecule has 0 saturated heterocycles. The molecule has 0 fully saturated rings. The van der Waals surface area contributed by atoms with Crippen LogP contribution >= 0.6 is 0 Å². The third-order valence-electron chi connectivity index (χ3n) is 5.23. The van der Waals surface area contributed by atoms with Crippen LogP contribution in [0.5, 0.6) is 0 Å². The molecule has 0 aliphatic rings. The number of hydrogen-bond acceptors (Lipinski definition) is 5. The van der Waals surface area contributed by atoms with Crippen LogP contribution in [0.3, 0.4) is 0 Å². The van der Waals surface area contributed by atoms with E-state index < -0.39 is 0 Å². The van der Waals surface area contributed by atoms with Gasteiger partial charge in [0.1, 0.15) is 0 Å². The van der Waals surface area contributed by atoms with Crippen LogP contribution in [-0.2, 0) is 6.42 Å². The van der Waals surface area contributed by atoms with E-state index in [1.54, 1.807) is 0 Å². The zero-order chi connectivity index (χ0) is 20.9. The zero-order valence-electron chi connectivity index (χ0n) is 17.3. The molecule has 2 heterocycles. The predicted octanol–water partition coefficient (Wildman–Crippen LogP) is 5.03. The second-order valence-corrected chi connectivity index (χ2v) is 7.24. The van der Waals surface area contributed by atoms with Crippen molar-refractivity contribution in [3.8, 4) is 0 Å². The minimum absolute atomic E-state index is 0.328. The Hall–Kier alpha value is -3.67. The summed E-state index contributed by atoms with van der Waals surface area (Å²) in [7, 11) is 0. The van der Waals surface area contributed by atoms with Crippen molar-refractivity contribution in [1.82, 2.24) is 20.5 Å². The molecule has 30 heavy (non-hydrogen) atoms. The van der Waals surface area contributed by atoms with Gasteiger partial charge in [0.15, 0.2) is 6.29 Å². The largest absolute Gasteiger partial charge is 0.353 e. The lowest BCUT2D eigenvalue weighted by atomic mass is 9.96. The number of hydrogen-bond donors (Lipinski definition) is 3. The first-order chi connectivity index (χ1) is 14.7. The van der Waals surface area contributed by atoms with Gasteiger partial charge in [-0.2, -0.15) is 5.10 Å². The fourth-order valence-corrected chi connectivity index (χ4v) is 3.79. The minimum Gasteiger partial charge on any atom is -0.353 e. The van der Waals surface area contributed by atoms with Crippen molar-refractivity contribution in [2.75, 3.05) is 5.32 Å². The number of aryl methyl sites for hydroxylation is 1. The second-order valence-electron chi connectivity index (χ2n) is 7.24. The first-order valence-corrected chi connectivity index (χ1v) is 10.2. The lowest BCUT2D eigenvalue weighted by molar-refractivity contribution is 0.695. The topological polar surface area (TPSA) is 78.0 Å². The number of anilines is 1. The van der Waals surface area contributed by atoms with E-state index in [9.17, 15) is 0 Å². The van der Waals surface area contributed by atoms with Gasteiger partial charge >= 0.3 is 0 Å². The van der Waals surface area contributed by atoms with Gasteiger partial charge in [-0.15, -0.1) is 0 Å². The van der Waals surface area contributed by atoms with Gasteiger partial charge < -0.3 is 10.6 Å². The molecule has 1 atom stereocenters. The predicted molar refractivity (Wildman–Crippen MR) is 126 cm³/mol. The Morgan fingerprint density at radius 1 is 1.20 bits per heavy atom. The Labute approximate surface area is 176 Å². The molecule has 0 spiro atoms. The first kappa shape index (κ1) is 19.6. The molecule has 0 aliphatic carbocycles. The molecule has 0 radical (unpaired) electrons. The SMILES string of the molecule is C=NC(N/C=C/c1nc2ccc3[nH]ncc3c2c(C)c1CCC)Nc1ccccc1. The molecular weight excluding hydrogens is 372 g/mol. The summed E-state index contributed by atoms with van der Waals surface area (Å²) >= 11 is 0. The van der Waals surface area contributed by atoms with Crippen molar-refractivity contribution >= 4 is 40.3 Å². The number of pyridine rings is 1. The molecule has 0 aliphatic heterocycles. The van der Waals surface area contributed by atoms with Crippen molar-refractivity contribution in [1.29, 1.82) is 0 Å². The van der Waals surface area contributed by atoms with Crippen LogP contribution in [0, 0.1) is 6.92 Å². The van der Waals surface area contributed by atoms with Crippen molar-refractivity contribution in [2.24, 2.45) is 4.99 Å². The molecule has 0 saturated carbocycles. The summed E-state index contributed by atoms with van der Waals surface area (Å²) in [5.41, 5.74) is 6.48. The molecule has 6 nitrogen and oxygen atoms in total. The molecule has 2 aromatic heterocycles. The fraction of sp³-hybridized carbons (Fsp3) is 0.208. The van der Waals surface area contributed by atoms with Gasteiger partial charge in [-0.25, -0.2) is 4.98 Å². The molecule has 0 bridgehead atoms. The summed E-state index contributed by atoms with van der Waals surface area (Å²) in [5, 5.41) is 16.1. The summed E-state index contributed by atoms with van der Waals surface area (Å²) < 4.78 is 0. The number of aromatic amines is 1. The Kier molecular flexibility index (Phi) is 5.75. The molecular formula is C24H26N6. The number of rotatable bonds is 8. The van der Waals surface area contributed by atoms with Crippen LogP contribution in [0.2, 0.25) is 0 Å². The second kappa shape index (κ2) is 8.78. The molecule has 1 unspecified atom stereocenters. The molecule has 2 aromatic carbocycles.